The molecule has 3 amide bonds. The van der Waals surface area contributed by atoms with Crippen LogP contribution in [0, 0.1) is 5.92 Å². The third-order valence-corrected chi connectivity index (χ3v) is 7.03. The number of hydrogen-bond donors (Lipinski definition) is 2. The lowest BCUT2D eigenvalue weighted by Crippen LogP contribution is -2.55. The van der Waals surface area contributed by atoms with Gasteiger partial charge in [-0.3, -0.25) is 14.4 Å². The molecule has 2 aromatic rings. The third-order valence-electron chi connectivity index (χ3n) is 6.70. The highest BCUT2D eigenvalue weighted by molar-refractivity contribution is 6.33. The van der Waals surface area contributed by atoms with Crippen LogP contribution in [0.15, 0.2) is 54.6 Å². The highest BCUT2D eigenvalue weighted by Crippen LogP contribution is 2.24. The van der Waals surface area contributed by atoms with Crippen LogP contribution < -0.4 is 10.6 Å². The van der Waals surface area contributed by atoms with Crippen molar-refractivity contribution < 1.29 is 14.4 Å². The summed E-state index contributed by atoms with van der Waals surface area (Å²) in [6, 6.07) is 16.1. The van der Waals surface area contributed by atoms with E-state index in [1.54, 1.807) is 41.3 Å². The predicted molar refractivity (Wildman–Crippen MR) is 128 cm³/mol. The Labute approximate surface area is 199 Å². The number of benzene rings is 2. The lowest BCUT2D eigenvalue weighted by atomic mass is 9.88. The molecule has 0 unspecified atom stereocenters. The number of nitrogens with zero attached hydrogens (tertiary/aromatic N) is 1. The van der Waals surface area contributed by atoms with E-state index in [4.69, 9.17) is 11.6 Å². The molecule has 7 heteroatoms. The van der Waals surface area contributed by atoms with E-state index in [0.717, 1.165) is 25.7 Å². The van der Waals surface area contributed by atoms with Crippen LogP contribution in [0.1, 0.15) is 59.2 Å². The second-order valence-electron chi connectivity index (χ2n) is 8.89. The van der Waals surface area contributed by atoms with Crippen molar-refractivity contribution in [1.82, 2.24) is 15.5 Å². The van der Waals surface area contributed by atoms with E-state index >= 15 is 0 Å². The van der Waals surface area contributed by atoms with Gasteiger partial charge in [-0.2, -0.15) is 0 Å². The SMILES string of the molecule is O=C(N[C@@H]1CCCC[C@H]1NC(=O)C1CCN(C(=O)c2ccccc2Cl)CC1)c1ccccc1. The van der Waals surface area contributed by atoms with Gasteiger partial charge in [-0.1, -0.05) is 54.8 Å². The zero-order valence-electron chi connectivity index (χ0n) is 18.6. The molecule has 6 nitrogen and oxygen atoms in total. The lowest BCUT2D eigenvalue weighted by Gasteiger charge is -2.36. The van der Waals surface area contributed by atoms with E-state index < -0.39 is 0 Å². The smallest absolute Gasteiger partial charge is 0.255 e. The molecule has 1 saturated carbocycles. The summed E-state index contributed by atoms with van der Waals surface area (Å²) in [5, 5.41) is 6.77. The molecule has 1 saturated heterocycles. The number of carbonyl (C=O) groups excluding carboxylic acids is 3. The van der Waals surface area contributed by atoms with Gasteiger partial charge in [0.2, 0.25) is 5.91 Å². The van der Waals surface area contributed by atoms with Gasteiger partial charge in [-0.05, 0) is 49.9 Å². The van der Waals surface area contributed by atoms with Gasteiger partial charge in [0.05, 0.1) is 10.6 Å². The van der Waals surface area contributed by atoms with Crippen molar-refractivity contribution in [2.45, 2.75) is 50.6 Å². The van der Waals surface area contributed by atoms with Gasteiger partial charge in [-0.25, -0.2) is 0 Å². The lowest BCUT2D eigenvalue weighted by molar-refractivity contribution is -0.127. The summed E-state index contributed by atoms with van der Waals surface area (Å²) in [5.41, 5.74) is 1.13. The molecule has 1 aliphatic heterocycles. The number of halogens is 1. The molecule has 2 aliphatic rings. The van der Waals surface area contributed by atoms with Gasteiger partial charge in [0, 0.05) is 36.7 Å². The molecule has 1 heterocycles. The minimum Gasteiger partial charge on any atom is -0.351 e. The largest absolute Gasteiger partial charge is 0.351 e. The summed E-state index contributed by atoms with van der Waals surface area (Å²) in [6.07, 6.45) is 5.03. The fourth-order valence-corrected chi connectivity index (χ4v) is 4.98. The molecule has 0 radical (unpaired) electrons. The van der Waals surface area contributed by atoms with Crippen molar-refractivity contribution in [3.8, 4) is 0 Å². The van der Waals surface area contributed by atoms with Crippen molar-refractivity contribution in [3.05, 3.63) is 70.7 Å². The summed E-state index contributed by atoms with van der Waals surface area (Å²) < 4.78 is 0. The molecule has 0 spiro atoms. The molecule has 33 heavy (non-hydrogen) atoms. The summed E-state index contributed by atoms with van der Waals surface area (Å²) in [7, 11) is 0. The van der Waals surface area contributed by atoms with Crippen LogP contribution in [0.2, 0.25) is 5.02 Å². The summed E-state index contributed by atoms with van der Waals surface area (Å²) in [4.78, 5) is 40.2. The second-order valence-corrected chi connectivity index (χ2v) is 9.30. The number of nitrogens with one attached hydrogen (secondary N) is 2. The Morgan fingerprint density at radius 3 is 2.06 bits per heavy atom. The second kappa shape index (κ2) is 10.8. The van der Waals surface area contributed by atoms with Crippen LogP contribution in [-0.2, 0) is 4.79 Å². The Morgan fingerprint density at radius 2 is 1.39 bits per heavy atom. The molecule has 0 bridgehead atoms. The van der Waals surface area contributed by atoms with Crippen LogP contribution >= 0.6 is 11.6 Å². The number of piperidine rings is 1. The van der Waals surface area contributed by atoms with Crippen molar-refractivity contribution in [2.24, 2.45) is 5.92 Å². The van der Waals surface area contributed by atoms with Gasteiger partial charge in [0.25, 0.3) is 11.8 Å². The molecule has 2 fully saturated rings. The molecule has 1 aliphatic carbocycles. The molecule has 2 aromatic carbocycles. The van der Waals surface area contributed by atoms with Crippen molar-refractivity contribution in [2.75, 3.05) is 13.1 Å². The Hall–Kier alpha value is -2.86. The minimum atomic E-state index is -0.132. The summed E-state index contributed by atoms with van der Waals surface area (Å²) >= 11 is 6.17. The number of rotatable bonds is 5. The topological polar surface area (TPSA) is 78.5 Å². The number of amides is 3. The first-order valence-corrected chi connectivity index (χ1v) is 12.1. The quantitative estimate of drug-likeness (QED) is 0.696. The highest BCUT2D eigenvalue weighted by atomic mass is 35.5. The summed E-state index contributed by atoms with van der Waals surface area (Å²) in [5.74, 6) is -0.304. The standard InChI is InChI=1S/C26H30ClN3O3/c27-21-11-5-4-10-20(21)26(33)30-16-14-19(15-17-30)25(32)29-23-13-7-6-12-22(23)28-24(31)18-8-2-1-3-9-18/h1-5,8-11,19,22-23H,6-7,12-17H2,(H,28,31)(H,29,32)/t22-,23-/m1/s1. The van der Waals surface area contributed by atoms with Crippen molar-refractivity contribution in [1.29, 1.82) is 0 Å². The van der Waals surface area contributed by atoms with E-state index in [2.05, 4.69) is 10.6 Å². The van der Waals surface area contributed by atoms with Crippen LogP contribution in [0.3, 0.4) is 0 Å². The first-order valence-electron chi connectivity index (χ1n) is 11.7. The van der Waals surface area contributed by atoms with E-state index in [1.165, 1.54) is 0 Å². The van der Waals surface area contributed by atoms with Crippen LogP contribution in [0.5, 0.6) is 0 Å². The zero-order chi connectivity index (χ0) is 23.2. The van der Waals surface area contributed by atoms with Crippen LogP contribution in [0.4, 0.5) is 0 Å². The fraction of sp³-hybridized carbons (Fsp3) is 0.423. The van der Waals surface area contributed by atoms with Gasteiger partial charge >= 0.3 is 0 Å². The Kier molecular flexibility index (Phi) is 7.65. The maximum atomic E-state index is 13.0. The molecule has 2 N–H and O–H groups in total. The van der Waals surface area contributed by atoms with E-state index in [0.29, 0.717) is 42.1 Å². The normalized spacial score (nSPS) is 21.3. The van der Waals surface area contributed by atoms with Gasteiger partial charge < -0.3 is 15.5 Å². The predicted octanol–water partition coefficient (Wildman–Crippen LogP) is 4.05. The maximum Gasteiger partial charge on any atom is 0.255 e. The average molecular weight is 468 g/mol. The van der Waals surface area contributed by atoms with Crippen molar-refractivity contribution in [3.63, 3.8) is 0 Å². The Morgan fingerprint density at radius 1 is 0.788 bits per heavy atom. The molecular weight excluding hydrogens is 438 g/mol. The molecule has 4 rings (SSSR count). The van der Waals surface area contributed by atoms with Crippen LogP contribution in [0.25, 0.3) is 0 Å². The monoisotopic (exact) mass is 467 g/mol. The van der Waals surface area contributed by atoms with Gasteiger partial charge in [-0.15, -0.1) is 0 Å². The number of hydrogen-bond acceptors (Lipinski definition) is 3. The fourth-order valence-electron chi connectivity index (χ4n) is 4.77. The zero-order valence-corrected chi connectivity index (χ0v) is 19.4. The van der Waals surface area contributed by atoms with E-state index in [-0.39, 0.29) is 35.7 Å². The third kappa shape index (κ3) is 5.74. The summed E-state index contributed by atoms with van der Waals surface area (Å²) in [6.45, 7) is 1.06. The molecule has 0 aromatic heterocycles. The number of likely N-dealkylation sites (tertiary alicyclic amines) is 1. The molecule has 174 valence electrons. The number of carbonyl (C=O) groups is 3. The maximum absolute atomic E-state index is 13.0. The van der Waals surface area contributed by atoms with E-state index in [1.807, 2.05) is 18.2 Å². The molecule has 2 atom stereocenters. The first-order chi connectivity index (χ1) is 16.0. The Balaban J connectivity index is 1.30. The van der Waals surface area contributed by atoms with Gasteiger partial charge in [0.15, 0.2) is 0 Å². The average Bonchev–Trinajstić information content (AvgIpc) is 2.85. The van der Waals surface area contributed by atoms with Gasteiger partial charge in [0.1, 0.15) is 0 Å². The molecular formula is C26H30ClN3O3. The minimum absolute atomic E-state index is 0.0192. The first kappa shape index (κ1) is 23.3. The van der Waals surface area contributed by atoms with E-state index in [9.17, 15) is 14.4 Å². The van der Waals surface area contributed by atoms with Crippen LogP contribution in [-0.4, -0.2) is 47.8 Å². The Bertz CT molecular complexity index is 989. The highest BCUT2D eigenvalue weighted by Gasteiger charge is 2.33. The van der Waals surface area contributed by atoms with Crippen molar-refractivity contribution >= 4 is 29.3 Å².